The van der Waals surface area contributed by atoms with Crippen LogP contribution in [0.15, 0.2) is 18.3 Å². The van der Waals surface area contributed by atoms with Crippen molar-refractivity contribution in [2.45, 2.75) is 38.8 Å². The number of hydrogen-bond donors (Lipinski definition) is 1. The third-order valence-corrected chi connectivity index (χ3v) is 1.95. The molecule has 0 unspecified atom stereocenters. The zero-order valence-electron chi connectivity index (χ0n) is 10.2. The van der Waals surface area contributed by atoms with E-state index in [1.165, 1.54) is 12.3 Å². The number of hydrogen-bond acceptors (Lipinski definition) is 4. The van der Waals surface area contributed by atoms with Crippen molar-refractivity contribution in [2.24, 2.45) is 5.73 Å². The van der Waals surface area contributed by atoms with Crippen molar-refractivity contribution in [1.29, 1.82) is 0 Å². The average Bonchev–Trinajstić information content (AvgIpc) is 2.19. The molecular weight excluding hydrogens is 223 g/mol. The fourth-order valence-electron chi connectivity index (χ4n) is 1.24. The number of rotatable bonds is 3. The van der Waals surface area contributed by atoms with Crippen LogP contribution in [0.5, 0.6) is 0 Å². The van der Waals surface area contributed by atoms with Crippen LogP contribution in [-0.4, -0.2) is 22.6 Å². The Morgan fingerprint density at radius 1 is 1.53 bits per heavy atom. The minimum atomic E-state index is -0.763. The highest BCUT2D eigenvalue weighted by atomic mass is 19.1. The summed E-state index contributed by atoms with van der Waals surface area (Å²) in [5.41, 5.74) is 5.84. The Bertz CT molecular complexity index is 384. The SMILES string of the molecule is CC(C)(C)OC(=O)[C@H](N)Cc1ccc(F)nc1. The second kappa shape index (κ2) is 5.23. The Morgan fingerprint density at radius 3 is 2.65 bits per heavy atom. The smallest absolute Gasteiger partial charge is 0.323 e. The second-order valence-corrected chi connectivity index (χ2v) is 4.83. The number of aromatic nitrogens is 1. The van der Waals surface area contributed by atoms with Gasteiger partial charge in [0.1, 0.15) is 11.6 Å². The lowest BCUT2D eigenvalue weighted by atomic mass is 10.1. The summed E-state index contributed by atoms with van der Waals surface area (Å²) in [4.78, 5) is 15.1. The number of esters is 1. The van der Waals surface area contributed by atoms with Crippen molar-refractivity contribution in [3.8, 4) is 0 Å². The van der Waals surface area contributed by atoms with E-state index in [1.54, 1.807) is 26.8 Å². The van der Waals surface area contributed by atoms with Crippen LogP contribution >= 0.6 is 0 Å². The number of ether oxygens (including phenoxy) is 1. The molecule has 2 N–H and O–H groups in total. The van der Waals surface area contributed by atoms with Crippen LogP contribution in [0.1, 0.15) is 26.3 Å². The molecule has 94 valence electrons. The standard InChI is InChI=1S/C12H17FN2O2/c1-12(2,3)17-11(16)9(14)6-8-4-5-10(13)15-7-8/h4-5,7,9H,6,14H2,1-3H3/t9-/m1/s1. The maximum atomic E-state index is 12.6. The molecule has 0 spiro atoms. The third-order valence-electron chi connectivity index (χ3n) is 1.95. The molecule has 1 atom stereocenters. The van der Waals surface area contributed by atoms with Crippen LogP contribution in [-0.2, 0) is 16.0 Å². The molecule has 1 heterocycles. The predicted molar refractivity (Wildman–Crippen MR) is 61.7 cm³/mol. The summed E-state index contributed by atoms with van der Waals surface area (Å²) in [5.74, 6) is -1.03. The molecule has 0 amide bonds. The summed E-state index contributed by atoms with van der Waals surface area (Å²) in [5, 5.41) is 0. The molecule has 0 aliphatic heterocycles. The van der Waals surface area contributed by atoms with Gasteiger partial charge in [-0.3, -0.25) is 4.79 Å². The van der Waals surface area contributed by atoms with Gasteiger partial charge in [0.25, 0.3) is 0 Å². The molecule has 0 aliphatic carbocycles. The van der Waals surface area contributed by atoms with Crippen LogP contribution in [0.25, 0.3) is 0 Å². The second-order valence-electron chi connectivity index (χ2n) is 4.83. The topological polar surface area (TPSA) is 65.2 Å². The molecule has 0 fully saturated rings. The Morgan fingerprint density at radius 2 is 2.18 bits per heavy atom. The van der Waals surface area contributed by atoms with Crippen LogP contribution < -0.4 is 5.73 Å². The zero-order valence-corrected chi connectivity index (χ0v) is 10.2. The van der Waals surface area contributed by atoms with Gasteiger partial charge in [0.2, 0.25) is 5.95 Å². The Hall–Kier alpha value is -1.49. The average molecular weight is 240 g/mol. The molecule has 1 aromatic heterocycles. The fraction of sp³-hybridized carbons (Fsp3) is 0.500. The first-order chi connectivity index (χ1) is 7.78. The van der Waals surface area contributed by atoms with Gasteiger partial charge in [-0.2, -0.15) is 4.39 Å². The number of pyridine rings is 1. The van der Waals surface area contributed by atoms with E-state index in [-0.39, 0.29) is 6.42 Å². The van der Waals surface area contributed by atoms with E-state index >= 15 is 0 Å². The Kier molecular flexibility index (Phi) is 4.17. The molecule has 17 heavy (non-hydrogen) atoms. The lowest BCUT2D eigenvalue weighted by Gasteiger charge is -2.22. The third kappa shape index (κ3) is 4.91. The van der Waals surface area contributed by atoms with Crippen molar-refractivity contribution < 1.29 is 13.9 Å². The number of nitrogens with zero attached hydrogens (tertiary/aromatic N) is 1. The number of carbonyl (C=O) groups is 1. The van der Waals surface area contributed by atoms with E-state index in [2.05, 4.69) is 4.98 Å². The van der Waals surface area contributed by atoms with Gasteiger partial charge < -0.3 is 10.5 Å². The minimum Gasteiger partial charge on any atom is -0.459 e. The van der Waals surface area contributed by atoms with E-state index < -0.39 is 23.6 Å². The quantitative estimate of drug-likeness (QED) is 0.641. The molecule has 4 nitrogen and oxygen atoms in total. The van der Waals surface area contributed by atoms with Gasteiger partial charge in [-0.15, -0.1) is 0 Å². The summed E-state index contributed by atoms with van der Waals surface area (Å²) in [7, 11) is 0. The summed E-state index contributed by atoms with van der Waals surface area (Å²) in [6.45, 7) is 5.32. The Balaban J connectivity index is 2.57. The van der Waals surface area contributed by atoms with E-state index in [4.69, 9.17) is 10.5 Å². The molecule has 1 aromatic rings. The Labute approximate surface area is 100.0 Å². The summed E-state index contributed by atoms with van der Waals surface area (Å²) in [6, 6.07) is 2.02. The molecule has 5 heteroatoms. The first-order valence-corrected chi connectivity index (χ1v) is 5.37. The molecule has 0 saturated heterocycles. The van der Waals surface area contributed by atoms with Crippen LogP contribution in [0.4, 0.5) is 4.39 Å². The summed E-state index contributed by atoms with van der Waals surface area (Å²) in [6.07, 6.45) is 1.64. The molecular formula is C12H17FN2O2. The highest BCUT2D eigenvalue weighted by molar-refractivity contribution is 5.76. The summed E-state index contributed by atoms with van der Waals surface area (Å²) < 4.78 is 17.7. The maximum Gasteiger partial charge on any atom is 0.323 e. The van der Waals surface area contributed by atoms with Gasteiger partial charge in [-0.1, -0.05) is 6.07 Å². The first kappa shape index (κ1) is 13.6. The predicted octanol–water partition coefficient (Wildman–Crippen LogP) is 1.43. The van der Waals surface area contributed by atoms with Crippen molar-refractivity contribution in [1.82, 2.24) is 4.98 Å². The van der Waals surface area contributed by atoms with Crippen molar-refractivity contribution in [3.05, 3.63) is 29.8 Å². The van der Waals surface area contributed by atoms with E-state index in [0.29, 0.717) is 5.56 Å². The lowest BCUT2D eigenvalue weighted by molar-refractivity contribution is -0.156. The molecule has 0 aliphatic rings. The zero-order chi connectivity index (χ0) is 13.1. The van der Waals surface area contributed by atoms with Crippen molar-refractivity contribution in [3.63, 3.8) is 0 Å². The van der Waals surface area contributed by atoms with Gasteiger partial charge in [0, 0.05) is 6.20 Å². The first-order valence-electron chi connectivity index (χ1n) is 5.37. The van der Waals surface area contributed by atoms with Crippen molar-refractivity contribution in [2.75, 3.05) is 0 Å². The van der Waals surface area contributed by atoms with Gasteiger partial charge in [0.05, 0.1) is 0 Å². The lowest BCUT2D eigenvalue weighted by Crippen LogP contribution is -2.38. The summed E-state index contributed by atoms with van der Waals surface area (Å²) >= 11 is 0. The molecule has 0 bridgehead atoms. The van der Waals surface area contributed by atoms with E-state index in [9.17, 15) is 9.18 Å². The molecule has 0 saturated carbocycles. The number of nitrogens with two attached hydrogens (primary N) is 1. The van der Waals surface area contributed by atoms with E-state index in [1.807, 2.05) is 0 Å². The highest BCUT2D eigenvalue weighted by Crippen LogP contribution is 2.10. The number of carbonyl (C=O) groups excluding carboxylic acids is 1. The van der Waals surface area contributed by atoms with Gasteiger partial charge in [-0.05, 0) is 38.8 Å². The van der Waals surface area contributed by atoms with Crippen LogP contribution in [0.2, 0.25) is 0 Å². The van der Waals surface area contributed by atoms with Gasteiger partial charge >= 0.3 is 5.97 Å². The largest absolute Gasteiger partial charge is 0.459 e. The van der Waals surface area contributed by atoms with Crippen LogP contribution in [0, 0.1) is 5.95 Å². The van der Waals surface area contributed by atoms with Gasteiger partial charge in [0.15, 0.2) is 0 Å². The highest BCUT2D eigenvalue weighted by Gasteiger charge is 2.22. The molecule has 0 radical (unpaired) electrons. The minimum absolute atomic E-state index is 0.280. The van der Waals surface area contributed by atoms with Gasteiger partial charge in [-0.25, -0.2) is 4.98 Å². The normalized spacial score (nSPS) is 13.2. The van der Waals surface area contributed by atoms with E-state index in [0.717, 1.165) is 0 Å². The maximum absolute atomic E-state index is 12.6. The molecule has 0 aromatic carbocycles. The van der Waals surface area contributed by atoms with Crippen LogP contribution in [0.3, 0.4) is 0 Å². The molecule has 1 rings (SSSR count). The number of halogens is 1. The fourth-order valence-corrected chi connectivity index (χ4v) is 1.24. The monoisotopic (exact) mass is 240 g/mol. The van der Waals surface area contributed by atoms with Crippen molar-refractivity contribution >= 4 is 5.97 Å².